The molecule has 0 spiro atoms. The zero-order chi connectivity index (χ0) is 11.6. The largest absolute Gasteiger partial charge is 0.480 e. The molecule has 0 amide bonds. The molecule has 82 valence electrons. The Balaban J connectivity index is 3.06. The molecule has 1 rings (SSSR count). The van der Waals surface area contributed by atoms with Crippen LogP contribution < -0.4 is 5.73 Å². The highest BCUT2D eigenvalue weighted by molar-refractivity contribution is 6.42. The van der Waals surface area contributed by atoms with Gasteiger partial charge in [0.25, 0.3) is 0 Å². The minimum Gasteiger partial charge on any atom is -0.480 e. The highest BCUT2D eigenvalue weighted by atomic mass is 35.5. The lowest BCUT2D eigenvalue weighted by Crippen LogP contribution is -2.36. The molecule has 2 unspecified atom stereocenters. The van der Waals surface area contributed by atoms with Crippen LogP contribution >= 0.6 is 23.2 Å². The van der Waals surface area contributed by atoms with E-state index in [1.807, 2.05) is 0 Å². The number of benzene rings is 1. The summed E-state index contributed by atoms with van der Waals surface area (Å²) in [4.78, 5) is 10.5. The van der Waals surface area contributed by atoms with Gasteiger partial charge >= 0.3 is 5.97 Å². The van der Waals surface area contributed by atoms with Gasteiger partial charge in [-0.25, -0.2) is 0 Å². The van der Waals surface area contributed by atoms with Crippen molar-refractivity contribution in [1.82, 2.24) is 0 Å². The predicted molar refractivity (Wildman–Crippen MR) is 57.0 cm³/mol. The van der Waals surface area contributed by atoms with Crippen molar-refractivity contribution in [2.45, 2.75) is 12.1 Å². The fraction of sp³-hybridized carbons (Fsp3) is 0.222. The SMILES string of the molecule is NC(C(=O)O)C(O)c1cccc(Cl)c1Cl. The van der Waals surface area contributed by atoms with Crippen LogP contribution in [0.5, 0.6) is 0 Å². The molecule has 0 fully saturated rings. The maximum Gasteiger partial charge on any atom is 0.323 e. The fourth-order valence-electron chi connectivity index (χ4n) is 1.08. The Morgan fingerprint density at radius 2 is 2.00 bits per heavy atom. The van der Waals surface area contributed by atoms with Crippen LogP contribution in [-0.4, -0.2) is 22.2 Å². The summed E-state index contributed by atoms with van der Waals surface area (Å²) in [7, 11) is 0. The predicted octanol–water partition coefficient (Wildman–Crippen LogP) is 1.44. The molecule has 6 heteroatoms. The highest BCUT2D eigenvalue weighted by Crippen LogP contribution is 2.30. The van der Waals surface area contributed by atoms with Gasteiger partial charge in [0.05, 0.1) is 10.0 Å². The molecule has 15 heavy (non-hydrogen) atoms. The first-order valence-electron chi connectivity index (χ1n) is 4.05. The second kappa shape index (κ2) is 4.81. The quantitative estimate of drug-likeness (QED) is 0.757. The number of carbonyl (C=O) groups is 1. The Bertz CT molecular complexity index is 384. The number of halogens is 2. The number of hydrogen-bond donors (Lipinski definition) is 3. The molecule has 0 bridgehead atoms. The number of carboxylic acid groups (broad SMARTS) is 1. The van der Waals surface area contributed by atoms with Crippen LogP contribution in [0.25, 0.3) is 0 Å². The Kier molecular flexibility index (Phi) is 3.93. The lowest BCUT2D eigenvalue weighted by Gasteiger charge is -2.16. The lowest BCUT2D eigenvalue weighted by molar-refractivity contribution is -0.141. The molecular weight excluding hydrogens is 241 g/mol. The number of aliphatic hydroxyl groups excluding tert-OH is 1. The van der Waals surface area contributed by atoms with Crippen LogP contribution in [0.2, 0.25) is 10.0 Å². The van der Waals surface area contributed by atoms with Crippen LogP contribution in [0, 0.1) is 0 Å². The summed E-state index contributed by atoms with van der Waals surface area (Å²) in [5.74, 6) is -1.31. The van der Waals surface area contributed by atoms with E-state index in [0.717, 1.165) is 0 Å². The maximum atomic E-state index is 10.5. The van der Waals surface area contributed by atoms with E-state index in [-0.39, 0.29) is 15.6 Å². The van der Waals surface area contributed by atoms with Gasteiger partial charge < -0.3 is 15.9 Å². The Morgan fingerprint density at radius 1 is 1.40 bits per heavy atom. The average molecular weight is 250 g/mol. The van der Waals surface area contributed by atoms with Gasteiger partial charge in [-0.05, 0) is 6.07 Å². The molecule has 0 saturated heterocycles. The van der Waals surface area contributed by atoms with Gasteiger partial charge in [-0.1, -0.05) is 35.3 Å². The third-order valence-corrected chi connectivity index (χ3v) is 2.76. The summed E-state index contributed by atoms with van der Waals surface area (Å²) in [6.45, 7) is 0. The van der Waals surface area contributed by atoms with Crippen molar-refractivity contribution in [1.29, 1.82) is 0 Å². The van der Waals surface area contributed by atoms with Gasteiger partial charge in [0, 0.05) is 5.56 Å². The molecule has 0 aliphatic rings. The summed E-state index contributed by atoms with van der Waals surface area (Å²) in [5, 5.41) is 18.6. The lowest BCUT2D eigenvalue weighted by atomic mass is 10.0. The van der Waals surface area contributed by atoms with E-state index in [1.165, 1.54) is 12.1 Å². The van der Waals surface area contributed by atoms with Crippen LogP contribution in [0.1, 0.15) is 11.7 Å². The first-order chi connectivity index (χ1) is 6.95. The zero-order valence-corrected chi connectivity index (χ0v) is 9.03. The van der Waals surface area contributed by atoms with Crippen LogP contribution in [-0.2, 0) is 4.79 Å². The minimum absolute atomic E-state index is 0.114. The molecule has 4 nitrogen and oxygen atoms in total. The molecule has 1 aromatic carbocycles. The Hall–Kier alpha value is -0.810. The zero-order valence-electron chi connectivity index (χ0n) is 7.52. The second-order valence-electron chi connectivity index (χ2n) is 2.95. The second-order valence-corrected chi connectivity index (χ2v) is 3.74. The van der Waals surface area contributed by atoms with Gasteiger partial charge in [-0.2, -0.15) is 0 Å². The van der Waals surface area contributed by atoms with Gasteiger partial charge in [-0.15, -0.1) is 0 Å². The van der Waals surface area contributed by atoms with Crippen molar-refractivity contribution in [3.8, 4) is 0 Å². The van der Waals surface area contributed by atoms with E-state index in [2.05, 4.69) is 0 Å². The number of hydrogen-bond acceptors (Lipinski definition) is 3. The molecular formula is C9H9Cl2NO3. The van der Waals surface area contributed by atoms with Gasteiger partial charge in [0.15, 0.2) is 0 Å². The number of aliphatic hydroxyl groups is 1. The van der Waals surface area contributed by atoms with E-state index < -0.39 is 18.1 Å². The number of rotatable bonds is 3. The highest BCUT2D eigenvalue weighted by Gasteiger charge is 2.25. The topological polar surface area (TPSA) is 83.6 Å². The maximum absolute atomic E-state index is 10.5. The van der Waals surface area contributed by atoms with Crippen molar-refractivity contribution in [3.63, 3.8) is 0 Å². The molecule has 0 aliphatic heterocycles. The molecule has 0 aliphatic carbocycles. The van der Waals surface area contributed by atoms with Crippen LogP contribution in [0.3, 0.4) is 0 Å². The van der Waals surface area contributed by atoms with Crippen molar-refractivity contribution in [3.05, 3.63) is 33.8 Å². The number of nitrogens with two attached hydrogens (primary N) is 1. The van der Waals surface area contributed by atoms with Crippen molar-refractivity contribution in [2.75, 3.05) is 0 Å². The average Bonchev–Trinajstić information content (AvgIpc) is 2.20. The van der Waals surface area contributed by atoms with Crippen LogP contribution in [0.15, 0.2) is 18.2 Å². The summed E-state index contributed by atoms with van der Waals surface area (Å²) in [6, 6.07) is 3.14. The third-order valence-electron chi connectivity index (χ3n) is 1.93. The Labute approximate surface area is 96.2 Å². The smallest absolute Gasteiger partial charge is 0.323 e. The molecule has 0 saturated carbocycles. The van der Waals surface area contributed by atoms with Gasteiger partial charge in [-0.3, -0.25) is 4.79 Å². The minimum atomic E-state index is -1.43. The molecule has 4 N–H and O–H groups in total. The molecule has 0 heterocycles. The van der Waals surface area contributed by atoms with Crippen molar-refractivity contribution < 1.29 is 15.0 Å². The number of aliphatic carboxylic acids is 1. The summed E-state index contributed by atoms with van der Waals surface area (Å²) < 4.78 is 0. The first kappa shape index (κ1) is 12.3. The van der Waals surface area contributed by atoms with E-state index >= 15 is 0 Å². The standard InChI is InChI=1S/C9H9Cl2NO3/c10-5-3-1-2-4(6(5)11)8(13)7(12)9(14)15/h1-3,7-8,13H,12H2,(H,14,15). The fourth-order valence-corrected chi connectivity index (χ4v) is 1.50. The van der Waals surface area contributed by atoms with E-state index in [0.29, 0.717) is 0 Å². The van der Waals surface area contributed by atoms with Gasteiger partial charge in [0.1, 0.15) is 12.1 Å². The van der Waals surface area contributed by atoms with E-state index in [1.54, 1.807) is 6.07 Å². The normalized spacial score (nSPS) is 14.7. The summed E-state index contributed by atoms with van der Waals surface area (Å²) in [5.41, 5.74) is 5.47. The molecule has 0 aromatic heterocycles. The van der Waals surface area contributed by atoms with Crippen molar-refractivity contribution >= 4 is 29.2 Å². The summed E-state index contributed by atoms with van der Waals surface area (Å²) in [6.07, 6.45) is -1.38. The third kappa shape index (κ3) is 2.60. The van der Waals surface area contributed by atoms with Crippen LogP contribution in [0.4, 0.5) is 0 Å². The van der Waals surface area contributed by atoms with Crippen molar-refractivity contribution in [2.24, 2.45) is 5.73 Å². The first-order valence-corrected chi connectivity index (χ1v) is 4.81. The van der Waals surface area contributed by atoms with E-state index in [4.69, 9.17) is 34.0 Å². The molecule has 1 aromatic rings. The monoisotopic (exact) mass is 249 g/mol. The van der Waals surface area contributed by atoms with Gasteiger partial charge in [0.2, 0.25) is 0 Å². The number of carboxylic acids is 1. The van der Waals surface area contributed by atoms with E-state index in [9.17, 15) is 9.90 Å². The Morgan fingerprint density at radius 3 is 2.53 bits per heavy atom. The molecule has 0 radical (unpaired) electrons. The molecule has 2 atom stereocenters. The summed E-state index contributed by atoms with van der Waals surface area (Å²) >= 11 is 11.5.